The van der Waals surface area contributed by atoms with E-state index in [2.05, 4.69) is 70.6 Å². The number of benzene rings is 2. The van der Waals surface area contributed by atoms with Crippen LogP contribution in [-0.4, -0.2) is 48.5 Å². The van der Waals surface area contributed by atoms with Gasteiger partial charge in [-0.1, -0.05) is 47.5 Å². The Morgan fingerprint density at radius 1 is 0.949 bits per heavy atom. The molecule has 7 rings (SSSR count). The van der Waals surface area contributed by atoms with E-state index in [-0.39, 0.29) is 6.01 Å². The third-order valence-electron chi connectivity index (χ3n) is 7.82. The number of allylic oxidation sites excluding steroid dienone is 1. The highest BCUT2D eigenvalue weighted by Gasteiger charge is 2.28. The highest BCUT2D eigenvalue weighted by molar-refractivity contribution is 6.33. The van der Waals surface area contributed by atoms with E-state index in [4.69, 9.17) is 31.3 Å². The first-order chi connectivity index (χ1) is 19.1. The van der Waals surface area contributed by atoms with Gasteiger partial charge in [-0.15, -0.1) is 0 Å². The maximum Gasteiger partial charge on any atom is 0.325 e. The van der Waals surface area contributed by atoms with Crippen LogP contribution in [0.4, 0.5) is 17.3 Å². The molecule has 1 saturated heterocycles. The van der Waals surface area contributed by atoms with E-state index >= 15 is 0 Å². The number of amidine groups is 1. The molecule has 2 aliphatic carbocycles. The van der Waals surface area contributed by atoms with E-state index in [9.17, 15) is 0 Å². The largest absolute Gasteiger partial charge is 0.423 e. The summed E-state index contributed by atoms with van der Waals surface area (Å²) < 4.78 is 6.25. The SMILES string of the molecule is CC1=Cc2c(ccc(Oc3nc(NC4=NCC(C5CC5)=C4)cc(N4CCN(c5ccccc5)CC4)n3)c2Cl)C1. The van der Waals surface area contributed by atoms with Gasteiger partial charge >= 0.3 is 6.01 Å². The number of anilines is 3. The van der Waals surface area contributed by atoms with Crippen molar-refractivity contribution >= 4 is 40.8 Å². The molecule has 1 N–H and O–H groups in total. The Hall–Kier alpha value is -3.84. The van der Waals surface area contributed by atoms with Crippen LogP contribution in [0.15, 0.2) is 70.7 Å². The number of nitrogens with one attached hydrogen (secondary N) is 1. The number of rotatable bonds is 6. The monoisotopic (exact) mass is 538 g/mol. The maximum atomic E-state index is 6.78. The molecule has 7 nitrogen and oxygen atoms in total. The fraction of sp³-hybridized carbons (Fsp3) is 0.323. The molecule has 2 fully saturated rings. The van der Waals surface area contributed by atoms with Gasteiger partial charge < -0.3 is 19.9 Å². The number of aliphatic imine (C=N–C) groups is 1. The Labute approximate surface area is 233 Å². The highest BCUT2D eigenvalue weighted by Crippen LogP contribution is 2.39. The second kappa shape index (κ2) is 10.0. The normalized spacial score (nSPS) is 18.5. The van der Waals surface area contributed by atoms with Crippen LogP contribution in [0, 0.1) is 5.92 Å². The van der Waals surface area contributed by atoms with Gasteiger partial charge in [-0.05, 0) is 67.5 Å². The van der Waals surface area contributed by atoms with Gasteiger partial charge in [0.25, 0.3) is 0 Å². The molecule has 8 heteroatoms. The topological polar surface area (TPSA) is 65.9 Å². The lowest BCUT2D eigenvalue weighted by Crippen LogP contribution is -2.46. The Bertz CT molecular complexity index is 1500. The Balaban J connectivity index is 1.16. The average molecular weight is 539 g/mol. The van der Waals surface area contributed by atoms with Gasteiger partial charge in [0, 0.05) is 43.5 Å². The number of hydrogen-bond donors (Lipinski definition) is 1. The zero-order valence-corrected chi connectivity index (χ0v) is 22.8. The Morgan fingerprint density at radius 2 is 1.74 bits per heavy atom. The number of nitrogens with zero attached hydrogens (tertiary/aromatic N) is 5. The van der Waals surface area contributed by atoms with Crippen LogP contribution in [0.5, 0.6) is 11.8 Å². The van der Waals surface area contributed by atoms with Crippen LogP contribution >= 0.6 is 11.6 Å². The molecule has 1 saturated carbocycles. The van der Waals surface area contributed by atoms with Crippen LogP contribution in [0.1, 0.15) is 30.9 Å². The lowest BCUT2D eigenvalue weighted by atomic mass is 10.1. The molecule has 2 aliphatic heterocycles. The van der Waals surface area contributed by atoms with Crippen LogP contribution in [0.2, 0.25) is 5.02 Å². The van der Waals surface area contributed by atoms with E-state index in [0.717, 1.165) is 56.4 Å². The van der Waals surface area contributed by atoms with Gasteiger partial charge in [0.15, 0.2) is 0 Å². The molecule has 3 heterocycles. The Kier molecular flexibility index (Phi) is 6.24. The van der Waals surface area contributed by atoms with Crippen molar-refractivity contribution < 1.29 is 4.74 Å². The summed E-state index contributed by atoms with van der Waals surface area (Å²) in [6.45, 7) is 6.41. The van der Waals surface area contributed by atoms with E-state index in [0.29, 0.717) is 22.5 Å². The average Bonchev–Trinajstić information content (AvgIpc) is 3.58. The smallest absolute Gasteiger partial charge is 0.325 e. The fourth-order valence-electron chi connectivity index (χ4n) is 5.57. The quantitative estimate of drug-likeness (QED) is 0.393. The molecule has 0 amide bonds. The molecule has 1 aromatic heterocycles. The van der Waals surface area contributed by atoms with Gasteiger partial charge in [0.2, 0.25) is 0 Å². The van der Waals surface area contributed by atoms with Crippen molar-refractivity contribution in [1.29, 1.82) is 0 Å². The molecule has 0 bridgehead atoms. The summed E-state index contributed by atoms with van der Waals surface area (Å²) in [6, 6.07) is 16.8. The first-order valence-corrected chi connectivity index (χ1v) is 14.1. The summed E-state index contributed by atoms with van der Waals surface area (Å²) in [5, 5.41) is 4.02. The molecule has 39 heavy (non-hydrogen) atoms. The number of fused-ring (bicyclic) bond motifs is 1. The number of halogens is 1. The molecule has 0 radical (unpaired) electrons. The number of aromatic nitrogens is 2. The van der Waals surface area contributed by atoms with Crippen LogP contribution in [0.25, 0.3) is 6.08 Å². The molecule has 3 aromatic rings. The first-order valence-electron chi connectivity index (χ1n) is 13.7. The van der Waals surface area contributed by atoms with Crippen molar-refractivity contribution in [1.82, 2.24) is 9.97 Å². The second-order valence-electron chi connectivity index (χ2n) is 10.7. The van der Waals surface area contributed by atoms with Crippen LogP contribution in [0.3, 0.4) is 0 Å². The third kappa shape index (κ3) is 5.11. The molecule has 2 aromatic carbocycles. The Morgan fingerprint density at radius 3 is 2.54 bits per heavy atom. The van der Waals surface area contributed by atoms with Gasteiger partial charge in [0.1, 0.15) is 23.2 Å². The molecule has 198 valence electrons. The molecular weight excluding hydrogens is 508 g/mol. The van der Waals surface area contributed by atoms with Crippen molar-refractivity contribution in [3.63, 3.8) is 0 Å². The summed E-state index contributed by atoms with van der Waals surface area (Å²) in [6.07, 6.45) is 7.77. The lowest BCUT2D eigenvalue weighted by molar-refractivity contribution is 0.442. The minimum atomic E-state index is 0.269. The van der Waals surface area contributed by atoms with E-state index in [1.54, 1.807) is 0 Å². The predicted molar refractivity (Wildman–Crippen MR) is 159 cm³/mol. The fourth-order valence-corrected chi connectivity index (χ4v) is 5.84. The van der Waals surface area contributed by atoms with Gasteiger partial charge in [-0.25, -0.2) is 0 Å². The molecule has 0 atom stereocenters. The number of piperazine rings is 1. The maximum absolute atomic E-state index is 6.78. The van der Waals surface area contributed by atoms with Gasteiger partial charge in [0.05, 0.1) is 11.6 Å². The van der Waals surface area contributed by atoms with Crippen molar-refractivity contribution in [2.45, 2.75) is 26.2 Å². The zero-order chi connectivity index (χ0) is 26.3. The molecule has 0 unspecified atom stereocenters. The van der Waals surface area contributed by atoms with Crippen molar-refractivity contribution in [3.8, 4) is 11.8 Å². The van der Waals surface area contributed by atoms with Gasteiger partial charge in [-0.3, -0.25) is 4.99 Å². The summed E-state index contributed by atoms with van der Waals surface area (Å²) in [4.78, 5) is 18.9. The lowest BCUT2D eigenvalue weighted by Gasteiger charge is -2.36. The van der Waals surface area contributed by atoms with Crippen molar-refractivity contribution in [3.05, 3.63) is 81.9 Å². The molecular formula is C31H31ClN6O. The molecule has 0 spiro atoms. The van der Waals surface area contributed by atoms with Crippen LogP contribution < -0.4 is 19.9 Å². The summed E-state index contributed by atoms with van der Waals surface area (Å²) in [7, 11) is 0. The number of hydrogen-bond acceptors (Lipinski definition) is 7. The highest BCUT2D eigenvalue weighted by atomic mass is 35.5. The zero-order valence-electron chi connectivity index (χ0n) is 22.0. The third-order valence-corrected chi connectivity index (χ3v) is 8.21. The minimum absolute atomic E-state index is 0.269. The van der Waals surface area contributed by atoms with Crippen molar-refractivity contribution in [2.24, 2.45) is 10.9 Å². The van der Waals surface area contributed by atoms with E-state index in [1.807, 2.05) is 12.1 Å². The first kappa shape index (κ1) is 24.2. The summed E-state index contributed by atoms with van der Waals surface area (Å²) >= 11 is 6.78. The van der Waals surface area contributed by atoms with Gasteiger partial charge in [-0.2, -0.15) is 9.97 Å². The van der Waals surface area contributed by atoms with E-state index < -0.39 is 0 Å². The van der Waals surface area contributed by atoms with Crippen LogP contribution in [-0.2, 0) is 6.42 Å². The minimum Gasteiger partial charge on any atom is -0.423 e. The summed E-state index contributed by atoms with van der Waals surface area (Å²) in [5.41, 5.74) is 6.19. The second-order valence-corrected chi connectivity index (χ2v) is 11.1. The standard InChI is InChI=1S/C31H31ClN6O/c1-20-15-22-9-10-26(30(32)25(22)16-20)39-31-35-28(34-27-17-23(19-33-27)21-7-8-21)18-29(36-31)38-13-11-37(12-14-38)24-5-3-2-4-6-24/h2-6,9-10,16-18,21H,7-8,11-15,19H2,1H3,(H,33,34,35,36). The summed E-state index contributed by atoms with van der Waals surface area (Å²) in [5.74, 6) is 3.60. The molecule has 4 aliphatic rings. The number of ether oxygens (including phenoxy) is 1. The predicted octanol–water partition coefficient (Wildman–Crippen LogP) is 6.37. The van der Waals surface area contributed by atoms with E-state index in [1.165, 1.54) is 35.2 Å². The van der Waals surface area contributed by atoms with Crippen molar-refractivity contribution in [2.75, 3.05) is 47.8 Å². The number of para-hydroxylation sites is 1.